The Morgan fingerprint density at radius 1 is 0.933 bits per heavy atom. The first-order valence-corrected chi connectivity index (χ1v) is 11.9. The molecule has 0 aliphatic carbocycles. The first-order chi connectivity index (χ1) is 14.2. The quantitative estimate of drug-likeness (QED) is 0.625. The molecule has 2 rings (SSSR count). The van der Waals surface area contributed by atoms with E-state index >= 15 is 0 Å². The normalized spacial score (nSPS) is 12.4. The lowest BCUT2D eigenvalue weighted by Crippen LogP contribution is -2.39. The standard InChI is InChI=1S/C23H30N2O4S/c1-5-17-11-13-18(14-12-17)24-22(26)15-30(28,29)21(6-2)23(27)25-20-10-8-7-9-19(20)16(3)4/h7-14,16,21H,5-6,15H2,1-4H3,(H,24,26)(H,25,27). The van der Waals surface area contributed by atoms with Gasteiger partial charge >= 0.3 is 0 Å². The monoisotopic (exact) mass is 430 g/mol. The summed E-state index contributed by atoms with van der Waals surface area (Å²) in [7, 11) is -3.98. The molecule has 0 heterocycles. The summed E-state index contributed by atoms with van der Waals surface area (Å²) in [6.45, 7) is 7.64. The molecular weight excluding hydrogens is 400 g/mol. The molecule has 2 N–H and O–H groups in total. The molecule has 0 aromatic heterocycles. The number of amides is 2. The molecule has 0 bridgehead atoms. The fraction of sp³-hybridized carbons (Fsp3) is 0.391. The van der Waals surface area contributed by atoms with Gasteiger partial charge in [-0.1, -0.05) is 58.0 Å². The molecule has 0 radical (unpaired) electrons. The van der Waals surface area contributed by atoms with Crippen molar-refractivity contribution in [3.8, 4) is 0 Å². The van der Waals surface area contributed by atoms with Gasteiger partial charge in [-0.2, -0.15) is 0 Å². The molecule has 0 saturated carbocycles. The summed E-state index contributed by atoms with van der Waals surface area (Å²) >= 11 is 0. The van der Waals surface area contributed by atoms with Gasteiger partial charge in [0.05, 0.1) is 0 Å². The summed E-state index contributed by atoms with van der Waals surface area (Å²) in [5.41, 5.74) is 3.15. The van der Waals surface area contributed by atoms with Gasteiger partial charge in [0.25, 0.3) is 0 Å². The highest BCUT2D eigenvalue weighted by atomic mass is 32.2. The summed E-state index contributed by atoms with van der Waals surface area (Å²) in [6, 6.07) is 14.5. The SMILES string of the molecule is CCc1ccc(NC(=O)CS(=O)(=O)C(CC)C(=O)Nc2ccccc2C(C)C)cc1. The molecule has 30 heavy (non-hydrogen) atoms. The number of carbonyl (C=O) groups is 2. The molecule has 0 aliphatic rings. The van der Waals surface area contributed by atoms with Gasteiger partial charge in [-0.3, -0.25) is 9.59 Å². The molecule has 162 valence electrons. The largest absolute Gasteiger partial charge is 0.325 e. The Morgan fingerprint density at radius 2 is 1.57 bits per heavy atom. The topological polar surface area (TPSA) is 92.3 Å². The number of hydrogen-bond acceptors (Lipinski definition) is 4. The van der Waals surface area contributed by atoms with Crippen LogP contribution in [0.25, 0.3) is 0 Å². The van der Waals surface area contributed by atoms with Gasteiger partial charge in [-0.05, 0) is 48.1 Å². The Morgan fingerprint density at radius 3 is 2.13 bits per heavy atom. The molecule has 2 amide bonds. The third kappa shape index (κ3) is 6.16. The van der Waals surface area contributed by atoms with Crippen LogP contribution >= 0.6 is 0 Å². The highest BCUT2D eigenvalue weighted by Crippen LogP contribution is 2.24. The first-order valence-electron chi connectivity index (χ1n) is 10.2. The third-order valence-electron chi connectivity index (χ3n) is 4.92. The van der Waals surface area contributed by atoms with E-state index < -0.39 is 32.7 Å². The highest BCUT2D eigenvalue weighted by Gasteiger charge is 2.33. The van der Waals surface area contributed by atoms with E-state index in [9.17, 15) is 18.0 Å². The van der Waals surface area contributed by atoms with Gasteiger partial charge in [-0.15, -0.1) is 0 Å². The van der Waals surface area contributed by atoms with E-state index in [1.54, 1.807) is 31.2 Å². The Balaban J connectivity index is 2.10. The molecule has 1 atom stereocenters. The minimum absolute atomic E-state index is 0.0799. The number of carbonyl (C=O) groups excluding carboxylic acids is 2. The zero-order chi connectivity index (χ0) is 22.3. The van der Waals surface area contributed by atoms with Gasteiger partial charge in [-0.25, -0.2) is 8.42 Å². The minimum Gasteiger partial charge on any atom is -0.325 e. The lowest BCUT2D eigenvalue weighted by atomic mass is 10.0. The molecular formula is C23H30N2O4S. The summed E-state index contributed by atoms with van der Waals surface area (Å²) in [4.78, 5) is 25.1. The van der Waals surface area contributed by atoms with E-state index in [4.69, 9.17) is 0 Å². The van der Waals surface area contributed by atoms with Crippen LogP contribution in [0.1, 0.15) is 51.2 Å². The van der Waals surface area contributed by atoms with E-state index in [0.717, 1.165) is 17.5 Å². The molecule has 6 nitrogen and oxygen atoms in total. The van der Waals surface area contributed by atoms with Crippen LogP contribution in [0.2, 0.25) is 0 Å². The average molecular weight is 431 g/mol. The van der Waals surface area contributed by atoms with Crippen LogP contribution in [0, 0.1) is 0 Å². The predicted octanol–water partition coefficient (Wildman–Crippen LogP) is 4.14. The van der Waals surface area contributed by atoms with E-state index in [2.05, 4.69) is 10.6 Å². The van der Waals surface area contributed by atoms with Crippen molar-refractivity contribution < 1.29 is 18.0 Å². The van der Waals surface area contributed by atoms with Crippen LogP contribution in [-0.2, 0) is 25.8 Å². The van der Waals surface area contributed by atoms with Gasteiger partial charge in [0.15, 0.2) is 9.84 Å². The predicted molar refractivity (Wildman–Crippen MR) is 121 cm³/mol. The molecule has 2 aromatic carbocycles. The smallest absolute Gasteiger partial charge is 0.242 e. The lowest BCUT2D eigenvalue weighted by Gasteiger charge is -2.18. The zero-order valence-corrected chi connectivity index (χ0v) is 18.8. The van der Waals surface area contributed by atoms with Crippen LogP contribution in [0.5, 0.6) is 0 Å². The second-order valence-corrected chi connectivity index (χ2v) is 9.72. The number of anilines is 2. The number of sulfone groups is 1. The Hall–Kier alpha value is -2.67. The summed E-state index contributed by atoms with van der Waals surface area (Å²) in [5, 5.41) is 4.03. The van der Waals surface area contributed by atoms with Crippen LogP contribution in [-0.4, -0.2) is 31.2 Å². The average Bonchev–Trinajstić information content (AvgIpc) is 2.68. The maximum Gasteiger partial charge on any atom is 0.242 e. The molecule has 1 unspecified atom stereocenters. The van der Waals surface area contributed by atoms with Crippen molar-refractivity contribution in [2.24, 2.45) is 0 Å². The van der Waals surface area contributed by atoms with E-state index in [1.165, 1.54) is 0 Å². The van der Waals surface area contributed by atoms with Crippen molar-refractivity contribution in [2.45, 2.75) is 51.7 Å². The molecule has 0 spiro atoms. The molecule has 7 heteroatoms. The molecule has 2 aromatic rings. The summed E-state index contributed by atoms with van der Waals surface area (Å²) in [6.07, 6.45) is 0.951. The van der Waals surface area contributed by atoms with E-state index in [1.807, 2.05) is 45.0 Å². The number of nitrogens with one attached hydrogen (secondary N) is 2. The highest BCUT2D eigenvalue weighted by molar-refractivity contribution is 7.93. The Bertz CT molecular complexity index is 983. The van der Waals surface area contributed by atoms with Crippen LogP contribution in [0.4, 0.5) is 11.4 Å². The molecule has 0 fully saturated rings. The third-order valence-corrected chi connectivity index (χ3v) is 6.99. The molecule has 0 aliphatic heterocycles. The van der Waals surface area contributed by atoms with Gasteiger partial charge in [0.2, 0.25) is 11.8 Å². The van der Waals surface area contributed by atoms with Crippen molar-refractivity contribution in [2.75, 3.05) is 16.4 Å². The molecule has 0 saturated heterocycles. The Kier molecular flexibility index (Phi) is 8.17. The second-order valence-electron chi connectivity index (χ2n) is 7.53. The number of rotatable bonds is 9. The minimum atomic E-state index is -3.98. The number of aryl methyl sites for hydroxylation is 1. The fourth-order valence-electron chi connectivity index (χ4n) is 3.23. The van der Waals surface area contributed by atoms with Crippen LogP contribution in [0.15, 0.2) is 48.5 Å². The van der Waals surface area contributed by atoms with Crippen LogP contribution < -0.4 is 10.6 Å². The fourth-order valence-corrected chi connectivity index (χ4v) is 4.77. The van der Waals surface area contributed by atoms with Crippen molar-refractivity contribution in [3.63, 3.8) is 0 Å². The van der Waals surface area contributed by atoms with Crippen molar-refractivity contribution >= 4 is 33.0 Å². The lowest BCUT2D eigenvalue weighted by molar-refractivity contribution is -0.115. The number of hydrogen-bond donors (Lipinski definition) is 2. The maximum absolute atomic E-state index is 12.8. The summed E-state index contributed by atoms with van der Waals surface area (Å²) < 4.78 is 25.6. The van der Waals surface area contributed by atoms with Crippen molar-refractivity contribution in [3.05, 3.63) is 59.7 Å². The van der Waals surface area contributed by atoms with Crippen molar-refractivity contribution in [1.29, 1.82) is 0 Å². The maximum atomic E-state index is 12.8. The van der Waals surface area contributed by atoms with E-state index in [-0.39, 0.29) is 12.3 Å². The van der Waals surface area contributed by atoms with Crippen LogP contribution in [0.3, 0.4) is 0 Å². The first kappa shape index (κ1) is 23.6. The van der Waals surface area contributed by atoms with Gasteiger partial charge in [0, 0.05) is 11.4 Å². The van der Waals surface area contributed by atoms with E-state index in [0.29, 0.717) is 11.4 Å². The second kappa shape index (κ2) is 10.4. The zero-order valence-electron chi connectivity index (χ0n) is 17.9. The Labute approximate surface area is 179 Å². The number of benzene rings is 2. The van der Waals surface area contributed by atoms with Gasteiger partial charge in [0.1, 0.15) is 11.0 Å². The summed E-state index contributed by atoms with van der Waals surface area (Å²) in [5.74, 6) is -1.86. The number of para-hydroxylation sites is 1. The van der Waals surface area contributed by atoms with Gasteiger partial charge < -0.3 is 10.6 Å². The van der Waals surface area contributed by atoms with Crippen molar-refractivity contribution in [1.82, 2.24) is 0 Å².